The van der Waals surface area contributed by atoms with Crippen LogP contribution in [0.5, 0.6) is 5.75 Å². The molecule has 1 aromatic rings. The lowest BCUT2D eigenvalue weighted by Crippen LogP contribution is -2.10. The van der Waals surface area contributed by atoms with E-state index in [9.17, 15) is 17.6 Å². The first-order valence-electron chi connectivity index (χ1n) is 3.47. The van der Waals surface area contributed by atoms with Crippen LogP contribution < -0.4 is 4.74 Å². The number of methoxy groups -OCH3 is 1. The van der Waals surface area contributed by atoms with Crippen LogP contribution in [0.3, 0.4) is 0 Å². The molecule has 0 aliphatic carbocycles. The highest BCUT2D eigenvalue weighted by Crippen LogP contribution is 2.39. The third kappa shape index (κ3) is 2.00. The largest absolute Gasteiger partial charge is 0.494 e. The van der Waals surface area contributed by atoms with Crippen molar-refractivity contribution in [2.75, 3.05) is 7.11 Å². The molecular weight excluding hydrogens is 268 g/mol. The number of hydrogen-bond donors (Lipinski definition) is 0. The molecule has 0 saturated carbocycles. The van der Waals surface area contributed by atoms with Crippen molar-refractivity contribution >= 4 is 15.9 Å². The summed E-state index contributed by atoms with van der Waals surface area (Å²) >= 11 is 2.63. The molecule has 0 N–H and O–H groups in total. The van der Waals surface area contributed by atoms with E-state index in [-0.39, 0.29) is 4.47 Å². The number of rotatable bonds is 1. The molecule has 14 heavy (non-hydrogen) atoms. The SMILES string of the molecule is COc1ccc(Br)c(C(F)(F)F)c1F. The molecule has 0 aliphatic rings. The van der Waals surface area contributed by atoms with Gasteiger partial charge >= 0.3 is 6.18 Å². The molecule has 0 aliphatic heterocycles. The fraction of sp³-hybridized carbons (Fsp3) is 0.250. The van der Waals surface area contributed by atoms with Gasteiger partial charge in [-0.05, 0) is 12.1 Å². The fourth-order valence-corrected chi connectivity index (χ4v) is 1.48. The van der Waals surface area contributed by atoms with E-state index in [1.54, 1.807) is 0 Å². The summed E-state index contributed by atoms with van der Waals surface area (Å²) in [6.07, 6.45) is -4.74. The Kier molecular flexibility index (Phi) is 3.04. The van der Waals surface area contributed by atoms with Crippen LogP contribution >= 0.6 is 15.9 Å². The molecule has 0 bridgehead atoms. The van der Waals surface area contributed by atoms with Gasteiger partial charge in [0.2, 0.25) is 0 Å². The zero-order chi connectivity index (χ0) is 10.9. The second-order valence-electron chi connectivity index (χ2n) is 2.44. The Morgan fingerprint density at radius 2 is 1.86 bits per heavy atom. The first-order chi connectivity index (χ1) is 6.38. The molecule has 0 fully saturated rings. The van der Waals surface area contributed by atoms with E-state index in [4.69, 9.17) is 0 Å². The van der Waals surface area contributed by atoms with Crippen LogP contribution in [-0.2, 0) is 6.18 Å². The Bertz CT molecular complexity index is 348. The van der Waals surface area contributed by atoms with Crippen LogP contribution in [0.4, 0.5) is 17.6 Å². The molecule has 0 aromatic heterocycles. The normalized spacial score (nSPS) is 11.6. The zero-order valence-electron chi connectivity index (χ0n) is 6.95. The Morgan fingerprint density at radius 1 is 1.29 bits per heavy atom. The van der Waals surface area contributed by atoms with E-state index in [2.05, 4.69) is 20.7 Å². The molecule has 1 nitrogen and oxygen atoms in total. The highest BCUT2D eigenvalue weighted by atomic mass is 79.9. The van der Waals surface area contributed by atoms with Crippen molar-refractivity contribution in [1.82, 2.24) is 0 Å². The second-order valence-corrected chi connectivity index (χ2v) is 3.29. The first kappa shape index (κ1) is 11.3. The molecule has 6 heteroatoms. The van der Waals surface area contributed by atoms with Gasteiger partial charge in [0.25, 0.3) is 0 Å². The fourth-order valence-electron chi connectivity index (χ4n) is 0.951. The van der Waals surface area contributed by atoms with E-state index < -0.39 is 23.3 Å². The van der Waals surface area contributed by atoms with Crippen molar-refractivity contribution in [3.8, 4) is 5.75 Å². The van der Waals surface area contributed by atoms with Crippen LogP contribution in [0.15, 0.2) is 16.6 Å². The third-order valence-electron chi connectivity index (χ3n) is 1.56. The van der Waals surface area contributed by atoms with E-state index in [0.717, 1.165) is 19.2 Å². The van der Waals surface area contributed by atoms with Crippen LogP contribution in [-0.4, -0.2) is 7.11 Å². The molecule has 1 rings (SSSR count). The molecule has 0 heterocycles. The van der Waals surface area contributed by atoms with Crippen LogP contribution in [0.25, 0.3) is 0 Å². The van der Waals surface area contributed by atoms with E-state index in [1.165, 1.54) is 0 Å². The molecule has 1 aromatic carbocycles. The maximum absolute atomic E-state index is 13.2. The van der Waals surface area contributed by atoms with E-state index >= 15 is 0 Å². The molecular formula is C8H5BrF4O. The van der Waals surface area contributed by atoms with E-state index in [0.29, 0.717) is 0 Å². The van der Waals surface area contributed by atoms with Gasteiger partial charge in [-0.25, -0.2) is 4.39 Å². The van der Waals surface area contributed by atoms with E-state index in [1.807, 2.05) is 0 Å². The summed E-state index contributed by atoms with van der Waals surface area (Å²) in [5.41, 5.74) is -1.35. The van der Waals surface area contributed by atoms with Gasteiger partial charge in [-0.15, -0.1) is 0 Å². The Balaban J connectivity index is 3.40. The van der Waals surface area contributed by atoms with Crippen molar-refractivity contribution in [2.45, 2.75) is 6.18 Å². The van der Waals surface area contributed by atoms with Crippen molar-refractivity contribution in [3.63, 3.8) is 0 Å². The standard InChI is InChI=1S/C8H5BrF4O/c1-14-5-3-2-4(9)6(7(5)10)8(11,12)13/h2-3H,1H3. The number of halogens is 5. The number of alkyl halides is 3. The zero-order valence-corrected chi connectivity index (χ0v) is 8.54. The topological polar surface area (TPSA) is 9.23 Å². The van der Waals surface area contributed by atoms with Crippen molar-refractivity contribution in [1.29, 1.82) is 0 Å². The lowest BCUT2D eigenvalue weighted by atomic mass is 10.2. The molecule has 0 unspecified atom stereocenters. The predicted octanol–water partition coefficient (Wildman–Crippen LogP) is 3.62. The highest BCUT2D eigenvalue weighted by Gasteiger charge is 2.37. The molecule has 0 radical (unpaired) electrons. The van der Waals surface area contributed by atoms with Gasteiger partial charge in [0, 0.05) is 4.47 Å². The Morgan fingerprint density at radius 3 is 2.29 bits per heavy atom. The summed E-state index contributed by atoms with van der Waals surface area (Å²) in [5, 5.41) is 0. The van der Waals surface area contributed by atoms with Crippen LogP contribution in [0.1, 0.15) is 5.56 Å². The summed E-state index contributed by atoms with van der Waals surface area (Å²) in [6, 6.07) is 2.21. The average Bonchev–Trinajstić information content (AvgIpc) is 2.02. The molecule has 0 spiro atoms. The van der Waals surface area contributed by atoms with Crippen molar-refractivity contribution in [2.24, 2.45) is 0 Å². The summed E-state index contributed by atoms with van der Waals surface area (Å²) < 4.78 is 54.2. The average molecular weight is 273 g/mol. The third-order valence-corrected chi connectivity index (χ3v) is 2.22. The minimum atomic E-state index is -4.74. The molecule has 0 saturated heterocycles. The summed E-state index contributed by atoms with van der Waals surface area (Å²) in [5.74, 6) is -1.84. The van der Waals surface area contributed by atoms with Gasteiger partial charge in [-0.1, -0.05) is 15.9 Å². The lowest BCUT2D eigenvalue weighted by molar-refractivity contribution is -0.140. The van der Waals surface area contributed by atoms with Crippen molar-refractivity contribution in [3.05, 3.63) is 28.0 Å². The maximum atomic E-state index is 13.2. The van der Waals surface area contributed by atoms with Crippen LogP contribution in [0.2, 0.25) is 0 Å². The lowest BCUT2D eigenvalue weighted by Gasteiger charge is -2.12. The first-order valence-corrected chi connectivity index (χ1v) is 4.26. The van der Waals surface area contributed by atoms with Gasteiger partial charge < -0.3 is 4.74 Å². The Hall–Kier alpha value is -0.780. The monoisotopic (exact) mass is 272 g/mol. The van der Waals surface area contributed by atoms with Crippen LogP contribution in [0, 0.1) is 5.82 Å². The number of hydrogen-bond acceptors (Lipinski definition) is 1. The Labute approximate surface area is 85.8 Å². The van der Waals surface area contributed by atoms with Gasteiger partial charge in [-0.2, -0.15) is 13.2 Å². The predicted molar refractivity (Wildman–Crippen MR) is 45.7 cm³/mol. The summed E-state index contributed by atoms with van der Waals surface area (Å²) in [7, 11) is 1.10. The number of ether oxygens (including phenoxy) is 1. The quantitative estimate of drug-likeness (QED) is 0.710. The smallest absolute Gasteiger partial charge is 0.420 e. The van der Waals surface area contributed by atoms with Gasteiger partial charge in [0.15, 0.2) is 11.6 Å². The van der Waals surface area contributed by atoms with Gasteiger partial charge in [0.1, 0.15) is 5.56 Å². The minimum Gasteiger partial charge on any atom is -0.494 e. The molecule has 0 amide bonds. The second kappa shape index (κ2) is 3.76. The minimum absolute atomic E-state index is 0.344. The molecule has 0 atom stereocenters. The molecule has 78 valence electrons. The summed E-state index contributed by atoms with van der Waals surface area (Å²) in [6.45, 7) is 0. The van der Waals surface area contributed by atoms with Crippen molar-refractivity contribution < 1.29 is 22.3 Å². The summed E-state index contributed by atoms with van der Waals surface area (Å²) in [4.78, 5) is 0. The van der Waals surface area contributed by atoms with Gasteiger partial charge in [-0.3, -0.25) is 0 Å². The number of benzene rings is 1. The van der Waals surface area contributed by atoms with Gasteiger partial charge in [0.05, 0.1) is 7.11 Å². The maximum Gasteiger partial charge on any atom is 0.420 e. The highest BCUT2D eigenvalue weighted by molar-refractivity contribution is 9.10.